The molecule has 0 aliphatic heterocycles. The van der Waals surface area contributed by atoms with Gasteiger partial charge in [0.25, 0.3) is 0 Å². The number of hydrogen-bond donors (Lipinski definition) is 0. The Morgan fingerprint density at radius 1 is 1.43 bits per heavy atom. The van der Waals surface area contributed by atoms with Crippen molar-refractivity contribution in [3.63, 3.8) is 0 Å². The normalized spacial score (nSPS) is 10.5. The Hall–Kier alpha value is -1.42. The van der Waals surface area contributed by atoms with Gasteiger partial charge in [-0.2, -0.15) is 0 Å². The summed E-state index contributed by atoms with van der Waals surface area (Å²) in [6.07, 6.45) is 5.90. The van der Waals surface area contributed by atoms with E-state index >= 15 is 0 Å². The van der Waals surface area contributed by atoms with Crippen LogP contribution in [0.5, 0.6) is 0 Å². The van der Waals surface area contributed by atoms with Gasteiger partial charge in [0.15, 0.2) is 5.15 Å². The van der Waals surface area contributed by atoms with Gasteiger partial charge < -0.3 is 4.90 Å². The number of hydrogen-bond acceptors (Lipinski definition) is 4. The van der Waals surface area contributed by atoms with Crippen LogP contribution >= 0.6 is 11.6 Å². The fourth-order valence-corrected chi connectivity index (χ4v) is 0.980. The Morgan fingerprint density at radius 2 is 2.07 bits per heavy atom. The zero-order valence-electron chi connectivity index (χ0n) is 7.94. The number of rotatable bonds is 3. The second-order valence-corrected chi connectivity index (χ2v) is 3.20. The molecule has 0 fully saturated rings. The molecule has 1 heterocycles. The van der Waals surface area contributed by atoms with Crippen molar-refractivity contribution in [3.05, 3.63) is 35.5 Å². The summed E-state index contributed by atoms with van der Waals surface area (Å²) in [5, 5.41) is 0.126. The summed E-state index contributed by atoms with van der Waals surface area (Å²) in [7, 11) is 3.64. The number of ketones is 1. The molecule has 0 saturated heterocycles. The molecule has 1 aromatic heterocycles. The average molecular weight is 212 g/mol. The lowest BCUT2D eigenvalue weighted by molar-refractivity contribution is 0.104. The van der Waals surface area contributed by atoms with Crippen molar-refractivity contribution in [3.8, 4) is 0 Å². The summed E-state index contributed by atoms with van der Waals surface area (Å²) in [6, 6.07) is 0. The minimum atomic E-state index is -0.253. The van der Waals surface area contributed by atoms with Gasteiger partial charge in [-0.15, -0.1) is 0 Å². The van der Waals surface area contributed by atoms with Crippen LogP contribution in [0.15, 0.2) is 24.7 Å². The van der Waals surface area contributed by atoms with E-state index in [0.717, 1.165) is 0 Å². The monoisotopic (exact) mass is 211 g/mol. The molecule has 0 aliphatic carbocycles. The molecule has 0 bridgehead atoms. The third-order valence-corrected chi connectivity index (χ3v) is 1.69. The van der Waals surface area contributed by atoms with E-state index in [0.29, 0.717) is 0 Å². The molecular formula is C9H10ClN3O. The number of carbonyl (C=O) groups excluding carboxylic acids is 1. The van der Waals surface area contributed by atoms with Crippen LogP contribution in [0.2, 0.25) is 5.15 Å². The highest BCUT2D eigenvalue weighted by Gasteiger charge is 2.08. The highest BCUT2D eigenvalue weighted by atomic mass is 35.5. The van der Waals surface area contributed by atoms with E-state index in [1.54, 1.807) is 11.1 Å². The predicted octanol–water partition coefficient (Wildman–Crippen LogP) is 1.39. The Bertz CT molecular complexity index is 363. The number of aromatic nitrogens is 2. The maximum absolute atomic E-state index is 11.5. The molecule has 0 aliphatic rings. The zero-order chi connectivity index (χ0) is 10.6. The fourth-order valence-electron chi connectivity index (χ4n) is 0.782. The van der Waals surface area contributed by atoms with Crippen molar-refractivity contribution in [1.82, 2.24) is 14.9 Å². The summed E-state index contributed by atoms with van der Waals surface area (Å²) in [6.45, 7) is 0. The van der Waals surface area contributed by atoms with E-state index in [2.05, 4.69) is 9.97 Å². The van der Waals surface area contributed by atoms with E-state index < -0.39 is 0 Å². The van der Waals surface area contributed by atoms with Crippen LogP contribution in [0.25, 0.3) is 0 Å². The minimum absolute atomic E-state index is 0.126. The van der Waals surface area contributed by atoms with E-state index in [1.165, 1.54) is 18.5 Å². The molecule has 4 nitrogen and oxygen atoms in total. The third kappa shape index (κ3) is 2.81. The number of nitrogens with zero attached hydrogens (tertiary/aromatic N) is 3. The van der Waals surface area contributed by atoms with Crippen LogP contribution in [0.4, 0.5) is 0 Å². The zero-order valence-corrected chi connectivity index (χ0v) is 8.69. The van der Waals surface area contributed by atoms with Gasteiger partial charge in [-0.25, -0.2) is 9.97 Å². The lowest BCUT2D eigenvalue weighted by Crippen LogP contribution is -2.05. The molecule has 0 spiro atoms. The second kappa shape index (κ2) is 4.72. The van der Waals surface area contributed by atoms with Crippen molar-refractivity contribution in [2.45, 2.75) is 0 Å². The van der Waals surface area contributed by atoms with E-state index in [1.807, 2.05) is 14.1 Å². The molecule has 0 N–H and O–H groups in total. The van der Waals surface area contributed by atoms with Gasteiger partial charge in [-0.05, 0) is 0 Å². The first-order valence-electron chi connectivity index (χ1n) is 3.96. The summed E-state index contributed by atoms with van der Waals surface area (Å²) >= 11 is 5.69. The van der Waals surface area contributed by atoms with Crippen LogP contribution in [0.3, 0.4) is 0 Å². The lowest BCUT2D eigenvalue weighted by Gasteiger charge is -2.02. The molecule has 0 aromatic carbocycles. The topological polar surface area (TPSA) is 46.1 Å². The van der Waals surface area contributed by atoms with Gasteiger partial charge in [0.05, 0.1) is 0 Å². The van der Waals surface area contributed by atoms with Crippen molar-refractivity contribution in [2.24, 2.45) is 0 Å². The van der Waals surface area contributed by atoms with Crippen molar-refractivity contribution >= 4 is 17.4 Å². The van der Waals surface area contributed by atoms with Gasteiger partial charge in [-0.1, -0.05) is 11.6 Å². The molecule has 0 radical (unpaired) electrons. The average Bonchev–Trinajstić information content (AvgIpc) is 2.15. The number of halogens is 1. The molecule has 0 amide bonds. The van der Waals surface area contributed by atoms with E-state index in [9.17, 15) is 4.79 Å². The Morgan fingerprint density at radius 3 is 2.64 bits per heavy atom. The predicted molar refractivity (Wildman–Crippen MR) is 54.2 cm³/mol. The molecule has 1 rings (SSSR count). The van der Waals surface area contributed by atoms with E-state index in [4.69, 9.17) is 11.6 Å². The maximum Gasteiger partial charge on any atom is 0.208 e. The van der Waals surface area contributed by atoms with Crippen LogP contribution in [-0.4, -0.2) is 34.7 Å². The largest absolute Gasteiger partial charge is 0.383 e. The SMILES string of the molecule is CN(C)/C=C/C(=O)c1nccnc1Cl. The molecule has 14 heavy (non-hydrogen) atoms. The van der Waals surface area contributed by atoms with Crippen molar-refractivity contribution in [2.75, 3.05) is 14.1 Å². The first kappa shape index (κ1) is 10.7. The van der Waals surface area contributed by atoms with Crippen molar-refractivity contribution < 1.29 is 4.79 Å². The quantitative estimate of drug-likeness (QED) is 0.560. The maximum atomic E-state index is 11.5. The highest BCUT2D eigenvalue weighted by molar-refractivity contribution is 6.32. The Kier molecular flexibility index (Phi) is 3.59. The second-order valence-electron chi connectivity index (χ2n) is 2.84. The molecule has 0 saturated carbocycles. The van der Waals surface area contributed by atoms with Gasteiger partial charge in [0, 0.05) is 38.8 Å². The molecule has 5 heteroatoms. The summed E-state index contributed by atoms with van der Waals surface area (Å²) in [5.41, 5.74) is 0.173. The first-order valence-corrected chi connectivity index (χ1v) is 4.34. The first-order chi connectivity index (χ1) is 6.61. The Labute approximate surface area is 87.2 Å². The van der Waals surface area contributed by atoms with Gasteiger partial charge in [-0.3, -0.25) is 4.79 Å². The van der Waals surface area contributed by atoms with Gasteiger partial charge >= 0.3 is 0 Å². The number of carbonyl (C=O) groups is 1. The molecular weight excluding hydrogens is 202 g/mol. The van der Waals surface area contributed by atoms with Gasteiger partial charge in [0.2, 0.25) is 5.78 Å². The van der Waals surface area contributed by atoms with E-state index in [-0.39, 0.29) is 16.6 Å². The standard InChI is InChI=1S/C9H10ClN3O/c1-13(2)6-3-7(14)8-9(10)12-5-4-11-8/h3-6H,1-2H3/b6-3+. The molecule has 74 valence electrons. The van der Waals surface area contributed by atoms with Crippen LogP contribution < -0.4 is 0 Å². The highest BCUT2D eigenvalue weighted by Crippen LogP contribution is 2.09. The van der Waals surface area contributed by atoms with Gasteiger partial charge in [0.1, 0.15) is 5.69 Å². The molecule has 0 atom stereocenters. The summed E-state index contributed by atoms with van der Waals surface area (Å²) in [5.74, 6) is -0.253. The van der Waals surface area contributed by atoms with Crippen LogP contribution in [0, 0.1) is 0 Å². The fraction of sp³-hybridized carbons (Fsp3) is 0.222. The third-order valence-electron chi connectivity index (χ3n) is 1.41. The smallest absolute Gasteiger partial charge is 0.208 e. The summed E-state index contributed by atoms with van der Waals surface area (Å²) in [4.78, 5) is 20.8. The number of allylic oxidation sites excluding steroid dienone is 1. The molecule has 0 unspecified atom stereocenters. The lowest BCUT2D eigenvalue weighted by atomic mass is 10.3. The van der Waals surface area contributed by atoms with Crippen molar-refractivity contribution in [1.29, 1.82) is 0 Å². The van der Waals surface area contributed by atoms with Crippen LogP contribution in [0.1, 0.15) is 10.5 Å². The van der Waals surface area contributed by atoms with Crippen LogP contribution in [-0.2, 0) is 0 Å². The Balaban J connectivity index is 2.85. The molecule has 1 aromatic rings. The minimum Gasteiger partial charge on any atom is -0.383 e. The summed E-state index contributed by atoms with van der Waals surface area (Å²) < 4.78 is 0.